The van der Waals surface area contributed by atoms with Crippen LogP contribution in [-0.4, -0.2) is 35.5 Å². The fraction of sp³-hybridized carbons (Fsp3) is 0.632. The maximum Gasteiger partial charge on any atom is 0.222 e. The number of piperidine rings is 1. The van der Waals surface area contributed by atoms with Crippen LogP contribution in [0.25, 0.3) is 0 Å². The number of aromatic hydroxyl groups is 1. The zero-order chi connectivity index (χ0) is 16.1. The second-order valence-corrected chi connectivity index (χ2v) is 7.12. The minimum absolute atomic E-state index is 0.274. The van der Waals surface area contributed by atoms with E-state index in [1.807, 2.05) is 17.0 Å². The van der Waals surface area contributed by atoms with Crippen LogP contribution in [0, 0.1) is 11.8 Å². The molecule has 0 atom stereocenters. The van der Waals surface area contributed by atoms with Gasteiger partial charge in [0.25, 0.3) is 0 Å². The molecule has 1 aliphatic heterocycles. The van der Waals surface area contributed by atoms with E-state index in [0.717, 1.165) is 31.6 Å². The molecule has 126 valence electrons. The lowest BCUT2D eigenvalue weighted by Crippen LogP contribution is -2.33. The molecule has 1 saturated heterocycles. The van der Waals surface area contributed by atoms with Crippen molar-refractivity contribution in [1.82, 2.24) is 10.2 Å². The number of hydrogen-bond donors (Lipinski definition) is 2. The van der Waals surface area contributed by atoms with Gasteiger partial charge < -0.3 is 15.3 Å². The number of amides is 1. The number of hydrogen-bond acceptors (Lipinski definition) is 3. The summed E-state index contributed by atoms with van der Waals surface area (Å²) < 4.78 is 0. The summed E-state index contributed by atoms with van der Waals surface area (Å²) in [6.45, 7) is 3.68. The number of benzene rings is 1. The van der Waals surface area contributed by atoms with Crippen molar-refractivity contribution < 1.29 is 9.90 Å². The van der Waals surface area contributed by atoms with Crippen LogP contribution in [0.5, 0.6) is 5.75 Å². The molecule has 4 heteroatoms. The average molecular weight is 316 g/mol. The summed E-state index contributed by atoms with van der Waals surface area (Å²) in [5, 5.41) is 13.0. The molecular weight excluding hydrogens is 288 g/mol. The predicted molar refractivity (Wildman–Crippen MR) is 91.1 cm³/mol. The quantitative estimate of drug-likeness (QED) is 0.813. The van der Waals surface area contributed by atoms with Crippen LogP contribution in [0.2, 0.25) is 0 Å². The Hall–Kier alpha value is -1.55. The molecule has 2 N–H and O–H groups in total. The highest BCUT2D eigenvalue weighted by atomic mass is 16.3. The highest BCUT2D eigenvalue weighted by Crippen LogP contribution is 2.31. The molecule has 1 saturated carbocycles. The van der Waals surface area contributed by atoms with Gasteiger partial charge in [0.15, 0.2) is 0 Å². The molecule has 3 rings (SSSR count). The smallest absolute Gasteiger partial charge is 0.222 e. The third-order valence-electron chi connectivity index (χ3n) is 5.04. The summed E-state index contributed by atoms with van der Waals surface area (Å²) in [6, 6.07) is 7.27. The highest BCUT2D eigenvalue weighted by molar-refractivity contribution is 5.76. The van der Waals surface area contributed by atoms with Gasteiger partial charge in [0, 0.05) is 19.5 Å². The van der Waals surface area contributed by atoms with E-state index in [1.54, 1.807) is 12.1 Å². The Morgan fingerprint density at radius 2 is 1.96 bits per heavy atom. The SMILES string of the molecule is O=C(CCC1CCNCC1)N(Cc1cccc(O)c1)CC1CC1. The molecule has 4 nitrogen and oxygen atoms in total. The van der Waals surface area contributed by atoms with Crippen molar-refractivity contribution in [3.63, 3.8) is 0 Å². The van der Waals surface area contributed by atoms with E-state index in [-0.39, 0.29) is 11.7 Å². The first-order valence-electron chi connectivity index (χ1n) is 8.97. The van der Waals surface area contributed by atoms with Crippen molar-refractivity contribution in [3.8, 4) is 5.75 Å². The molecule has 2 fully saturated rings. The minimum Gasteiger partial charge on any atom is -0.508 e. The van der Waals surface area contributed by atoms with Crippen LogP contribution in [0.4, 0.5) is 0 Å². The monoisotopic (exact) mass is 316 g/mol. The topological polar surface area (TPSA) is 52.6 Å². The van der Waals surface area contributed by atoms with E-state index < -0.39 is 0 Å². The average Bonchev–Trinajstić information content (AvgIpc) is 3.37. The molecule has 0 bridgehead atoms. The van der Waals surface area contributed by atoms with Gasteiger partial charge in [-0.25, -0.2) is 0 Å². The first kappa shape index (κ1) is 16.3. The van der Waals surface area contributed by atoms with Gasteiger partial charge in [-0.1, -0.05) is 12.1 Å². The highest BCUT2D eigenvalue weighted by Gasteiger charge is 2.27. The summed E-state index contributed by atoms with van der Waals surface area (Å²) in [7, 11) is 0. The Morgan fingerprint density at radius 1 is 1.17 bits per heavy atom. The summed E-state index contributed by atoms with van der Waals surface area (Å²) in [5.74, 6) is 1.94. The molecule has 1 amide bonds. The van der Waals surface area contributed by atoms with Crippen LogP contribution in [0.3, 0.4) is 0 Å². The van der Waals surface area contributed by atoms with Gasteiger partial charge in [0.05, 0.1) is 0 Å². The molecular formula is C19H28N2O2. The van der Waals surface area contributed by atoms with Crippen LogP contribution < -0.4 is 5.32 Å². The van der Waals surface area contributed by atoms with Gasteiger partial charge >= 0.3 is 0 Å². The Balaban J connectivity index is 1.55. The Kier molecular flexibility index (Phi) is 5.55. The van der Waals surface area contributed by atoms with Gasteiger partial charge in [-0.15, -0.1) is 0 Å². The number of phenols is 1. The fourth-order valence-corrected chi connectivity index (χ4v) is 3.40. The molecule has 1 heterocycles. The molecule has 0 radical (unpaired) electrons. The van der Waals surface area contributed by atoms with Crippen LogP contribution >= 0.6 is 0 Å². The lowest BCUT2D eigenvalue weighted by atomic mass is 9.93. The summed E-state index contributed by atoms with van der Waals surface area (Å²) in [4.78, 5) is 14.7. The van der Waals surface area contributed by atoms with E-state index >= 15 is 0 Å². The molecule has 1 aromatic carbocycles. The molecule has 1 aromatic rings. The van der Waals surface area contributed by atoms with E-state index in [4.69, 9.17) is 0 Å². The maximum absolute atomic E-state index is 12.7. The Bertz CT molecular complexity index is 522. The summed E-state index contributed by atoms with van der Waals surface area (Å²) in [6.07, 6.45) is 6.57. The maximum atomic E-state index is 12.7. The number of carbonyl (C=O) groups excluding carboxylic acids is 1. The van der Waals surface area contributed by atoms with E-state index in [9.17, 15) is 9.90 Å². The molecule has 0 spiro atoms. The van der Waals surface area contributed by atoms with Gasteiger partial charge in [0.2, 0.25) is 5.91 Å². The van der Waals surface area contributed by atoms with E-state index in [2.05, 4.69) is 5.32 Å². The zero-order valence-electron chi connectivity index (χ0n) is 13.8. The van der Waals surface area contributed by atoms with Crippen molar-refractivity contribution in [2.24, 2.45) is 11.8 Å². The summed E-state index contributed by atoms with van der Waals surface area (Å²) >= 11 is 0. The van der Waals surface area contributed by atoms with Crippen molar-refractivity contribution >= 4 is 5.91 Å². The number of nitrogens with zero attached hydrogens (tertiary/aromatic N) is 1. The molecule has 0 unspecified atom stereocenters. The third kappa shape index (κ3) is 5.24. The predicted octanol–water partition coefficient (Wildman–Crippen LogP) is 2.91. The Labute approximate surface area is 138 Å². The lowest BCUT2D eigenvalue weighted by Gasteiger charge is -2.26. The number of nitrogens with one attached hydrogen (secondary N) is 1. The second-order valence-electron chi connectivity index (χ2n) is 7.12. The van der Waals surface area contributed by atoms with Gasteiger partial charge in [-0.2, -0.15) is 0 Å². The van der Waals surface area contributed by atoms with Crippen molar-refractivity contribution in [2.45, 2.75) is 45.1 Å². The number of rotatable bonds is 7. The zero-order valence-corrected chi connectivity index (χ0v) is 13.8. The summed E-state index contributed by atoms with van der Waals surface area (Å²) in [5.41, 5.74) is 1.01. The van der Waals surface area contributed by atoms with Crippen LogP contribution in [0.15, 0.2) is 24.3 Å². The van der Waals surface area contributed by atoms with Crippen LogP contribution in [0.1, 0.15) is 44.1 Å². The number of phenolic OH excluding ortho intramolecular Hbond substituents is 1. The third-order valence-corrected chi connectivity index (χ3v) is 5.04. The minimum atomic E-state index is 0.274. The second kappa shape index (κ2) is 7.82. The van der Waals surface area contributed by atoms with Crippen molar-refractivity contribution in [1.29, 1.82) is 0 Å². The standard InChI is InChI=1S/C19H28N2O2/c22-18-3-1-2-17(12-18)14-21(13-16-4-5-16)19(23)7-6-15-8-10-20-11-9-15/h1-3,12,15-16,20,22H,4-11,13-14H2. The molecule has 1 aliphatic carbocycles. The lowest BCUT2D eigenvalue weighted by molar-refractivity contribution is -0.132. The fourth-order valence-electron chi connectivity index (χ4n) is 3.40. The van der Waals surface area contributed by atoms with Gasteiger partial charge in [-0.3, -0.25) is 4.79 Å². The normalized spacial score (nSPS) is 18.8. The molecule has 2 aliphatic rings. The first-order valence-corrected chi connectivity index (χ1v) is 8.97. The van der Waals surface area contributed by atoms with Crippen LogP contribution in [-0.2, 0) is 11.3 Å². The van der Waals surface area contributed by atoms with Crippen molar-refractivity contribution in [2.75, 3.05) is 19.6 Å². The number of carbonyl (C=O) groups is 1. The Morgan fingerprint density at radius 3 is 2.65 bits per heavy atom. The first-order chi connectivity index (χ1) is 11.2. The molecule has 0 aromatic heterocycles. The van der Waals surface area contributed by atoms with E-state index in [0.29, 0.717) is 24.8 Å². The van der Waals surface area contributed by atoms with E-state index in [1.165, 1.54) is 25.7 Å². The van der Waals surface area contributed by atoms with Crippen molar-refractivity contribution in [3.05, 3.63) is 29.8 Å². The van der Waals surface area contributed by atoms with Gasteiger partial charge in [-0.05, 0) is 74.7 Å². The van der Waals surface area contributed by atoms with Gasteiger partial charge in [0.1, 0.15) is 5.75 Å². The largest absolute Gasteiger partial charge is 0.508 e. The molecule has 23 heavy (non-hydrogen) atoms.